The fourth-order valence-electron chi connectivity index (χ4n) is 1.78. The molecule has 0 saturated heterocycles. The van der Waals surface area contributed by atoms with Gasteiger partial charge in [0, 0.05) is 0 Å². The predicted molar refractivity (Wildman–Crippen MR) is 46.6 cm³/mol. The molecule has 0 unspecified atom stereocenters. The fraction of sp³-hybridized carbons (Fsp3) is 1.00. The summed E-state index contributed by atoms with van der Waals surface area (Å²) >= 11 is 0. The molecular formula is C9H19NO. The highest BCUT2D eigenvalue weighted by atomic mass is 16.3. The van der Waals surface area contributed by atoms with E-state index in [2.05, 4.69) is 12.2 Å². The van der Waals surface area contributed by atoms with Crippen LogP contribution in [-0.2, 0) is 0 Å². The average molecular weight is 157 g/mol. The summed E-state index contributed by atoms with van der Waals surface area (Å²) in [6.07, 6.45) is 5.38. The van der Waals surface area contributed by atoms with Crippen molar-refractivity contribution in [1.29, 1.82) is 0 Å². The third kappa shape index (κ3) is 2.80. The summed E-state index contributed by atoms with van der Waals surface area (Å²) in [5.41, 5.74) is -0.317. The van der Waals surface area contributed by atoms with E-state index in [0.29, 0.717) is 0 Å². The van der Waals surface area contributed by atoms with Crippen LogP contribution in [0.1, 0.15) is 39.0 Å². The third-order valence-corrected chi connectivity index (χ3v) is 2.55. The van der Waals surface area contributed by atoms with Gasteiger partial charge in [0.1, 0.15) is 0 Å². The van der Waals surface area contributed by atoms with Gasteiger partial charge in [-0.05, 0) is 32.4 Å². The van der Waals surface area contributed by atoms with E-state index in [4.69, 9.17) is 0 Å². The molecule has 2 heteroatoms. The van der Waals surface area contributed by atoms with Crippen LogP contribution in [0, 0.1) is 0 Å². The quantitative estimate of drug-likeness (QED) is 0.603. The number of rotatable bonds is 4. The normalized spacial score (nSPS) is 22.4. The number of hydrogen-bond donors (Lipinski definition) is 2. The van der Waals surface area contributed by atoms with E-state index < -0.39 is 0 Å². The molecule has 0 aromatic heterocycles. The molecule has 2 N–H and O–H groups in total. The summed E-state index contributed by atoms with van der Waals surface area (Å²) in [7, 11) is 0. The zero-order valence-electron chi connectivity index (χ0n) is 7.40. The molecule has 0 atom stereocenters. The first-order chi connectivity index (χ1) is 5.27. The van der Waals surface area contributed by atoms with Crippen LogP contribution in [0.5, 0.6) is 0 Å². The summed E-state index contributed by atoms with van der Waals surface area (Å²) in [5.74, 6) is 0. The Labute approximate surface area is 69.0 Å². The Hall–Kier alpha value is -0.0800. The first-order valence-corrected chi connectivity index (χ1v) is 4.70. The summed E-state index contributed by atoms with van der Waals surface area (Å²) in [5, 5.41) is 13.1. The summed E-state index contributed by atoms with van der Waals surface area (Å²) in [6, 6.07) is 0. The van der Waals surface area contributed by atoms with Gasteiger partial charge in [-0.3, -0.25) is 0 Å². The molecule has 1 aliphatic rings. The molecule has 66 valence electrons. The van der Waals surface area contributed by atoms with Crippen molar-refractivity contribution in [2.24, 2.45) is 0 Å². The lowest BCUT2D eigenvalue weighted by Gasteiger charge is -2.21. The van der Waals surface area contributed by atoms with Crippen LogP contribution in [0.3, 0.4) is 0 Å². The number of hydrogen-bond acceptors (Lipinski definition) is 2. The van der Waals surface area contributed by atoms with Crippen molar-refractivity contribution in [2.75, 3.05) is 13.1 Å². The molecule has 0 amide bonds. The second-order valence-corrected chi connectivity index (χ2v) is 3.54. The average Bonchev–Trinajstić information content (AvgIpc) is 2.38. The highest BCUT2D eigenvalue weighted by Gasteiger charge is 2.29. The Kier molecular flexibility index (Phi) is 3.34. The van der Waals surface area contributed by atoms with Gasteiger partial charge in [0.2, 0.25) is 0 Å². The number of aliphatic hydroxyl groups is 1. The van der Waals surface area contributed by atoms with Crippen molar-refractivity contribution in [3.63, 3.8) is 0 Å². The molecular weight excluding hydrogens is 138 g/mol. The first kappa shape index (κ1) is 9.01. The predicted octanol–water partition coefficient (Wildman–Crippen LogP) is 1.29. The largest absolute Gasteiger partial charge is 0.390 e. The van der Waals surface area contributed by atoms with Crippen molar-refractivity contribution < 1.29 is 5.11 Å². The van der Waals surface area contributed by atoms with Gasteiger partial charge in [-0.15, -0.1) is 0 Å². The van der Waals surface area contributed by atoms with Crippen molar-refractivity contribution in [2.45, 2.75) is 44.6 Å². The zero-order valence-corrected chi connectivity index (χ0v) is 7.40. The molecule has 11 heavy (non-hydrogen) atoms. The standard InChI is InChI=1S/C9H19NO/c1-2-10-8-7-9(11)5-3-4-6-9/h10-11H,2-8H2,1H3. The zero-order chi connectivity index (χ0) is 8.16. The Balaban J connectivity index is 2.13. The lowest BCUT2D eigenvalue weighted by atomic mass is 9.98. The second kappa shape index (κ2) is 4.07. The third-order valence-electron chi connectivity index (χ3n) is 2.55. The molecule has 0 aliphatic heterocycles. The summed E-state index contributed by atoms with van der Waals surface area (Å²) in [6.45, 7) is 4.07. The SMILES string of the molecule is CCNCCC1(O)CCCC1. The maximum atomic E-state index is 9.88. The second-order valence-electron chi connectivity index (χ2n) is 3.54. The van der Waals surface area contributed by atoms with Gasteiger partial charge >= 0.3 is 0 Å². The van der Waals surface area contributed by atoms with Gasteiger partial charge in [-0.25, -0.2) is 0 Å². The van der Waals surface area contributed by atoms with Crippen LogP contribution in [0.15, 0.2) is 0 Å². The van der Waals surface area contributed by atoms with Crippen LogP contribution < -0.4 is 5.32 Å². The van der Waals surface area contributed by atoms with Crippen molar-refractivity contribution >= 4 is 0 Å². The smallest absolute Gasteiger partial charge is 0.0659 e. The minimum absolute atomic E-state index is 0.317. The fourth-order valence-corrected chi connectivity index (χ4v) is 1.78. The van der Waals surface area contributed by atoms with Gasteiger partial charge < -0.3 is 10.4 Å². The van der Waals surface area contributed by atoms with E-state index in [1.54, 1.807) is 0 Å². The molecule has 0 aromatic rings. The van der Waals surface area contributed by atoms with Crippen LogP contribution in [0.2, 0.25) is 0 Å². The van der Waals surface area contributed by atoms with E-state index in [0.717, 1.165) is 32.4 Å². The van der Waals surface area contributed by atoms with Crippen molar-refractivity contribution in [1.82, 2.24) is 5.32 Å². The van der Waals surface area contributed by atoms with E-state index in [1.165, 1.54) is 12.8 Å². The van der Waals surface area contributed by atoms with E-state index >= 15 is 0 Å². The minimum Gasteiger partial charge on any atom is -0.390 e. The topological polar surface area (TPSA) is 32.3 Å². The minimum atomic E-state index is -0.317. The van der Waals surface area contributed by atoms with E-state index in [9.17, 15) is 5.11 Å². The van der Waals surface area contributed by atoms with Crippen LogP contribution in [0.25, 0.3) is 0 Å². The van der Waals surface area contributed by atoms with Crippen molar-refractivity contribution in [3.8, 4) is 0 Å². The van der Waals surface area contributed by atoms with Crippen molar-refractivity contribution in [3.05, 3.63) is 0 Å². The van der Waals surface area contributed by atoms with Crippen LogP contribution in [0.4, 0.5) is 0 Å². The van der Waals surface area contributed by atoms with Gasteiger partial charge in [0.05, 0.1) is 5.60 Å². The molecule has 1 fully saturated rings. The highest BCUT2D eigenvalue weighted by Crippen LogP contribution is 2.31. The molecule has 1 aliphatic carbocycles. The van der Waals surface area contributed by atoms with Gasteiger partial charge in [0.25, 0.3) is 0 Å². The Morgan fingerprint density at radius 2 is 2.00 bits per heavy atom. The Morgan fingerprint density at radius 1 is 1.36 bits per heavy atom. The highest BCUT2D eigenvalue weighted by molar-refractivity contribution is 4.84. The summed E-state index contributed by atoms with van der Waals surface area (Å²) in [4.78, 5) is 0. The molecule has 0 spiro atoms. The lowest BCUT2D eigenvalue weighted by Crippen LogP contribution is -2.29. The molecule has 0 bridgehead atoms. The van der Waals surface area contributed by atoms with Gasteiger partial charge in [0.15, 0.2) is 0 Å². The maximum absolute atomic E-state index is 9.88. The molecule has 0 heterocycles. The Morgan fingerprint density at radius 3 is 2.55 bits per heavy atom. The van der Waals surface area contributed by atoms with Crippen LogP contribution >= 0.6 is 0 Å². The first-order valence-electron chi connectivity index (χ1n) is 4.70. The number of nitrogens with one attached hydrogen (secondary N) is 1. The molecule has 1 rings (SSSR count). The molecule has 2 nitrogen and oxygen atoms in total. The molecule has 0 radical (unpaired) electrons. The van der Waals surface area contributed by atoms with Crippen LogP contribution in [-0.4, -0.2) is 23.8 Å². The van der Waals surface area contributed by atoms with Gasteiger partial charge in [-0.2, -0.15) is 0 Å². The lowest BCUT2D eigenvalue weighted by molar-refractivity contribution is 0.0393. The monoisotopic (exact) mass is 157 g/mol. The maximum Gasteiger partial charge on any atom is 0.0659 e. The van der Waals surface area contributed by atoms with E-state index in [1.807, 2.05) is 0 Å². The molecule has 1 saturated carbocycles. The Bertz CT molecular complexity index is 108. The van der Waals surface area contributed by atoms with Gasteiger partial charge in [-0.1, -0.05) is 19.8 Å². The van der Waals surface area contributed by atoms with E-state index in [-0.39, 0.29) is 5.60 Å². The molecule has 0 aromatic carbocycles. The summed E-state index contributed by atoms with van der Waals surface area (Å²) < 4.78 is 0.